The van der Waals surface area contributed by atoms with Crippen LogP contribution in [0, 0.1) is 0 Å². The lowest BCUT2D eigenvalue weighted by Crippen LogP contribution is -2.28. The number of hydrogen-bond donors (Lipinski definition) is 1. The molecule has 1 saturated carbocycles. The average Bonchev–Trinajstić information content (AvgIpc) is 3.06. The zero-order valence-corrected chi connectivity index (χ0v) is 11.7. The van der Waals surface area contributed by atoms with Gasteiger partial charge in [0.25, 0.3) is 10.0 Å². The van der Waals surface area contributed by atoms with Gasteiger partial charge >= 0.3 is 0 Å². The van der Waals surface area contributed by atoms with Crippen LogP contribution in [0.15, 0.2) is 23.1 Å². The first-order valence-corrected chi connectivity index (χ1v) is 8.43. The van der Waals surface area contributed by atoms with Gasteiger partial charge in [-0.1, -0.05) is 23.8 Å². The highest BCUT2D eigenvalue weighted by Gasteiger charge is 2.22. The first-order chi connectivity index (χ1) is 9.15. The number of hydrogen-bond acceptors (Lipinski definition) is 3. The van der Waals surface area contributed by atoms with E-state index in [2.05, 4.69) is 4.89 Å². The highest BCUT2D eigenvalue weighted by Crippen LogP contribution is 2.25. The Bertz CT molecular complexity index is 562. The van der Waals surface area contributed by atoms with E-state index in [0.717, 1.165) is 50.5 Å². The normalized spacial score (nSPS) is 19.8. The Balaban J connectivity index is 1.72. The molecule has 0 amide bonds. The standard InChI is InChI=1S/C14H19NO3S/c16-19(17,15-18-13-6-1-2-7-13)14-9-8-11-4-3-5-12(11)10-14/h8-10,13,15H,1-7H2. The van der Waals surface area contributed by atoms with Crippen molar-refractivity contribution in [1.82, 2.24) is 4.89 Å². The fourth-order valence-corrected chi connectivity index (χ4v) is 3.80. The molecule has 0 aromatic heterocycles. The van der Waals surface area contributed by atoms with Crippen molar-refractivity contribution in [2.75, 3.05) is 0 Å². The summed E-state index contributed by atoms with van der Waals surface area (Å²) in [6, 6.07) is 5.37. The fraction of sp³-hybridized carbons (Fsp3) is 0.571. The Kier molecular flexibility index (Phi) is 3.60. The first kappa shape index (κ1) is 13.1. The van der Waals surface area contributed by atoms with Crippen molar-refractivity contribution in [1.29, 1.82) is 0 Å². The van der Waals surface area contributed by atoms with Gasteiger partial charge in [-0.05, 0) is 55.4 Å². The van der Waals surface area contributed by atoms with E-state index in [0.29, 0.717) is 4.90 Å². The number of nitrogens with one attached hydrogen (secondary N) is 1. The Hall–Kier alpha value is -0.910. The molecule has 0 atom stereocenters. The molecule has 1 N–H and O–H groups in total. The molecule has 0 bridgehead atoms. The van der Waals surface area contributed by atoms with E-state index in [4.69, 9.17) is 4.84 Å². The van der Waals surface area contributed by atoms with E-state index >= 15 is 0 Å². The van der Waals surface area contributed by atoms with Crippen LogP contribution in [0.25, 0.3) is 0 Å². The van der Waals surface area contributed by atoms with Crippen molar-refractivity contribution >= 4 is 10.0 Å². The molecule has 2 aliphatic carbocycles. The van der Waals surface area contributed by atoms with Gasteiger partial charge in [0, 0.05) is 0 Å². The van der Waals surface area contributed by atoms with Crippen molar-refractivity contribution in [3.63, 3.8) is 0 Å². The second-order valence-corrected chi connectivity index (χ2v) is 7.04. The molecular weight excluding hydrogens is 262 g/mol. The summed E-state index contributed by atoms with van der Waals surface area (Å²) in [5, 5.41) is 0. The lowest BCUT2D eigenvalue weighted by Gasteiger charge is -2.12. The highest BCUT2D eigenvalue weighted by molar-refractivity contribution is 7.89. The van der Waals surface area contributed by atoms with Crippen LogP contribution in [0.4, 0.5) is 0 Å². The summed E-state index contributed by atoms with van der Waals surface area (Å²) in [5.41, 5.74) is 2.43. The maximum absolute atomic E-state index is 12.2. The van der Waals surface area contributed by atoms with E-state index < -0.39 is 10.0 Å². The van der Waals surface area contributed by atoms with Gasteiger partial charge in [0.2, 0.25) is 0 Å². The predicted molar refractivity (Wildman–Crippen MR) is 72.1 cm³/mol. The topological polar surface area (TPSA) is 55.4 Å². The first-order valence-electron chi connectivity index (χ1n) is 6.94. The third-order valence-corrected chi connectivity index (χ3v) is 5.20. The van der Waals surface area contributed by atoms with Gasteiger partial charge < -0.3 is 0 Å². The summed E-state index contributed by atoms with van der Waals surface area (Å²) in [6.07, 6.45) is 7.29. The number of fused-ring (bicyclic) bond motifs is 1. The molecule has 3 rings (SSSR count). The molecule has 1 fully saturated rings. The fourth-order valence-electron chi connectivity index (χ4n) is 2.90. The second-order valence-electron chi connectivity index (χ2n) is 5.40. The summed E-state index contributed by atoms with van der Waals surface area (Å²) in [7, 11) is -3.54. The molecule has 1 aromatic rings. The van der Waals surface area contributed by atoms with Gasteiger partial charge in [0.1, 0.15) is 0 Å². The van der Waals surface area contributed by atoms with E-state index in [1.807, 2.05) is 6.07 Å². The SMILES string of the molecule is O=S(=O)(NOC1CCCC1)c1ccc2c(c1)CCC2. The summed E-state index contributed by atoms with van der Waals surface area (Å²) in [5.74, 6) is 0. The molecule has 104 valence electrons. The molecule has 2 aliphatic rings. The van der Waals surface area contributed by atoms with Crippen LogP contribution in [-0.4, -0.2) is 14.5 Å². The van der Waals surface area contributed by atoms with E-state index in [-0.39, 0.29) is 6.10 Å². The van der Waals surface area contributed by atoms with Crippen molar-refractivity contribution in [2.24, 2.45) is 0 Å². The predicted octanol–water partition coefficient (Wildman–Crippen LogP) is 2.33. The minimum Gasteiger partial charge on any atom is -0.284 e. The smallest absolute Gasteiger partial charge is 0.262 e. The molecule has 0 aliphatic heterocycles. The summed E-state index contributed by atoms with van der Waals surface area (Å²) < 4.78 is 24.3. The molecule has 5 heteroatoms. The molecular formula is C14H19NO3S. The number of aryl methyl sites for hydroxylation is 2. The molecule has 19 heavy (non-hydrogen) atoms. The van der Waals surface area contributed by atoms with Crippen molar-refractivity contribution in [3.8, 4) is 0 Å². The largest absolute Gasteiger partial charge is 0.284 e. The van der Waals surface area contributed by atoms with Gasteiger partial charge in [-0.15, -0.1) is 0 Å². The maximum atomic E-state index is 12.2. The Morgan fingerprint density at radius 3 is 2.58 bits per heavy atom. The number of benzene rings is 1. The zero-order valence-electron chi connectivity index (χ0n) is 10.9. The van der Waals surface area contributed by atoms with Gasteiger partial charge in [-0.2, -0.15) is 0 Å². The maximum Gasteiger partial charge on any atom is 0.262 e. The third kappa shape index (κ3) is 2.83. The van der Waals surface area contributed by atoms with Crippen LogP contribution in [0.2, 0.25) is 0 Å². The molecule has 1 aromatic carbocycles. The quantitative estimate of drug-likeness (QED) is 0.862. The summed E-state index contributed by atoms with van der Waals surface area (Å²) in [4.78, 5) is 7.90. The van der Waals surface area contributed by atoms with E-state index in [1.54, 1.807) is 12.1 Å². The lowest BCUT2D eigenvalue weighted by molar-refractivity contribution is 0.0223. The van der Waals surface area contributed by atoms with Crippen LogP contribution < -0.4 is 4.89 Å². The van der Waals surface area contributed by atoms with Crippen LogP contribution in [0.3, 0.4) is 0 Å². The Morgan fingerprint density at radius 2 is 1.79 bits per heavy atom. The molecule has 0 radical (unpaired) electrons. The number of rotatable bonds is 4. The van der Waals surface area contributed by atoms with Gasteiger partial charge in [0.05, 0.1) is 11.0 Å². The number of sulfonamides is 1. The highest BCUT2D eigenvalue weighted by atomic mass is 32.2. The molecule has 0 spiro atoms. The molecule has 4 nitrogen and oxygen atoms in total. The van der Waals surface area contributed by atoms with Crippen LogP contribution >= 0.6 is 0 Å². The third-order valence-electron chi connectivity index (χ3n) is 4.01. The lowest BCUT2D eigenvalue weighted by atomic mass is 10.1. The molecule has 0 saturated heterocycles. The van der Waals surface area contributed by atoms with E-state index in [1.165, 1.54) is 5.56 Å². The van der Waals surface area contributed by atoms with Crippen molar-refractivity contribution < 1.29 is 13.3 Å². The summed E-state index contributed by atoms with van der Waals surface area (Å²) >= 11 is 0. The second kappa shape index (κ2) is 5.23. The Labute approximate surface area is 114 Å². The van der Waals surface area contributed by atoms with Gasteiger partial charge in [0.15, 0.2) is 0 Å². The zero-order chi connectivity index (χ0) is 13.3. The summed E-state index contributed by atoms with van der Waals surface area (Å²) in [6.45, 7) is 0. The monoisotopic (exact) mass is 281 g/mol. The van der Waals surface area contributed by atoms with Crippen LogP contribution in [-0.2, 0) is 27.7 Å². The van der Waals surface area contributed by atoms with E-state index in [9.17, 15) is 8.42 Å². The van der Waals surface area contributed by atoms with Crippen molar-refractivity contribution in [2.45, 2.75) is 55.9 Å². The minimum absolute atomic E-state index is 0.0317. The van der Waals surface area contributed by atoms with Gasteiger partial charge in [-0.25, -0.2) is 8.42 Å². The molecule has 0 unspecified atom stereocenters. The van der Waals surface area contributed by atoms with Crippen molar-refractivity contribution in [3.05, 3.63) is 29.3 Å². The van der Waals surface area contributed by atoms with Crippen LogP contribution in [0.1, 0.15) is 43.2 Å². The Morgan fingerprint density at radius 1 is 1.05 bits per heavy atom. The average molecular weight is 281 g/mol. The minimum atomic E-state index is -3.54. The van der Waals surface area contributed by atoms with Crippen LogP contribution in [0.5, 0.6) is 0 Å². The molecule has 0 heterocycles. The van der Waals surface area contributed by atoms with Gasteiger partial charge in [-0.3, -0.25) is 4.84 Å².